The highest BCUT2D eigenvalue weighted by molar-refractivity contribution is 6.31. The number of nitrogens with one attached hydrogen (secondary N) is 1. The number of rotatable bonds is 6. The number of likely N-dealkylation sites (N-methyl/N-ethyl adjacent to an activating group) is 1. The van der Waals surface area contributed by atoms with Crippen LogP contribution in [0.1, 0.15) is 24.2 Å². The number of aryl methyl sites for hydroxylation is 2. The van der Waals surface area contributed by atoms with Crippen LogP contribution in [0.4, 0.5) is 5.69 Å². The van der Waals surface area contributed by atoms with Gasteiger partial charge in [-0.1, -0.05) is 29.7 Å². The average Bonchev–Trinajstić information content (AvgIpc) is 2.87. The fourth-order valence-electron chi connectivity index (χ4n) is 2.00. The van der Waals surface area contributed by atoms with Crippen LogP contribution in [0.5, 0.6) is 0 Å². The highest BCUT2D eigenvalue weighted by atomic mass is 35.5. The van der Waals surface area contributed by atoms with E-state index in [0.29, 0.717) is 29.8 Å². The van der Waals surface area contributed by atoms with Crippen LogP contribution >= 0.6 is 11.6 Å². The highest BCUT2D eigenvalue weighted by Gasteiger charge is 2.14. The lowest BCUT2D eigenvalue weighted by molar-refractivity contribution is -0.117. The minimum atomic E-state index is -0.108. The Morgan fingerprint density at radius 1 is 1.41 bits per heavy atom. The Kier molecular flexibility index (Phi) is 5.51. The molecular formula is C15H19ClN4O2. The molecule has 1 amide bonds. The predicted octanol–water partition coefficient (Wildman–Crippen LogP) is 2.80. The first-order valence-electron chi connectivity index (χ1n) is 7.05. The van der Waals surface area contributed by atoms with E-state index in [0.717, 1.165) is 11.3 Å². The molecule has 2 rings (SSSR count). The van der Waals surface area contributed by atoms with Gasteiger partial charge in [-0.3, -0.25) is 9.69 Å². The van der Waals surface area contributed by atoms with Crippen LogP contribution in [0.2, 0.25) is 5.02 Å². The Labute approximate surface area is 134 Å². The number of nitrogens with zero attached hydrogens (tertiary/aromatic N) is 3. The zero-order valence-electron chi connectivity index (χ0n) is 12.9. The summed E-state index contributed by atoms with van der Waals surface area (Å²) in [6, 6.07) is 5.41. The third kappa shape index (κ3) is 4.54. The van der Waals surface area contributed by atoms with Crippen molar-refractivity contribution in [1.82, 2.24) is 15.0 Å². The van der Waals surface area contributed by atoms with Crippen molar-refractivity contribution in [2.24, 2.45) is 0 Å². The van der Waals surface area contributed by atoms with Crippen LogP contribution in [0.15, 0.2) is 22.7 Å². The summed E-state index contributed by atoms with van der Waals surface area (Å²) in [6.07, 6.45) is 0. The number of anilines is 1. The standard InChI is InChI=1S/C15H19ClN4O2/c1-4-20(9-15-17-11(3)19-22-15)8-14(21)18-13-7-12(16)6-5-10(13)2/h5-7H,4,8-9H2,1-3H3,(H,18,21). The quantitative estimate of drug-likeness (QED) is 0.885. The van der Waals surface area contributed by atoms with Crippen molar-refractivity contribution < 1.29 is 9.32 Å². The van der Waals surface area contributed by atoms with Gasteiger partial charge in [-0.2, -0.15) is 4.98 Å². The number of benzene rings is 1. The first-order chi connectivity index (χ1) is 10.5. The number of hydrogen-bond acceptors (Lipinski definition) is 5. The molecule has 0 aliphatic rings. The van der Waals surface area contributed by atoms with Crippen LogP contribution in [0, 0.1) is 13.8 Å². The molecule has 1 N–H and O–H groups in total. The van der Waals surface area contributed by atoms with Gasteiger partial charge in [0.25, 0.3) is 0 Å². The zero-order chi connectivity index (χ0) is 16.1. The van der Waals surface area contributed by atoms with Crippen molar-refractivity contribution >= 4 is 23.2 Å². The van der Waals surface area contributed by atoms with Gasteiger partial charge in [0.1, 0.15) is 0 Å². The molecular weight excluding hydrogens is 304 g/mol. The van der Waals surface area contributed by atoms with E-state index in [2.05, 4.69) is 15.5 Å². The van der Waals surface area contributed by atoms with E-state index in [1.165, 1.54) is 0 Å². The largest absolute Gasteiger partial charge is 0.338 e. The van der Waals surface area contributed by atoms with Crippen LogP contribution in [0.25, 0.3) is 0 Å². The van der Waals surface area contributed by atoms with Crippen LogP contribution < -0.4 is 5.32 Å². The molecule has 22 heavy (non-hydrogen) atoms. The van der Waals surface area contributed by atoms with E-state index in [4.69, 9.17) is 16.1 Å². The normalized spacial score (nSPS) is 11.0. The van der Waals surface area contributed by atoms with E-state index in [-0.39, 0.29) is 12.5 Å². The molecule has 0 spiro atoms. The van der Waals surface area contributed by atoms with Crippen molar-refractivity contribution in [2.75, 3.05) is 18.4 Å². The number of amides is 1. The van der Waals surface area contributed by atoms with Gasteiger partial charge < -0.3 is 9.84 Å². The molecule has 0 unspecified atom stereocenters. The SMILES string of the molecule is CCN(CC(=O)Nc1cc(Cl)ccc1C)Cc1nc(C)no1. The van der Waals surface area contributed by atoms with Crippen LogP contribution in [-0.2, 0) is 11.3 Å². The molecule has 0 aliphatic carbocycles. The summed E-state index contributed by atoms with van der Waals surface area (Å²) in [5.41, 5.74) is 1.69. The molecule has 6 nitrogen and oxygen atoms in total. The molecule has 0 atom stereocenters. The number of aromatic nitrogens is 2. The van der Waals surface area contributed by atoms with Gasteiger partial charge in [0.2, 0.25) is 11.8 Å². The van der Waals surface area contributed by atoms with Gasteiger partial charge in [-0.25, -0.2) is 0 Å². The van der Waals surface area contributed by atoms with Gasteiger partial charge >= 0.3 is 0 Å². The summed E-state index contributed by atoms with van der Waals surface area (Å²) < 4.78 is 5.08. The second-order valence-corrected chi connectivity index (χ2v) is 5.48. The molecule has 0 saturated heterocycles. The third-order valence-corrected chi connectivity index (χ3v) is 3.45. The Hall–Kier alpha value is -1.92. The first kappa shape index (κ1) is 16.5. The van der Waals surface area contributed by atoms with E-state index in [1.54, 1.807) is 19.1 Å². The van der Waals surface area contributed by atoms with Gasteiger partial charge in [0.05, 0.1) is 13.1 Å². The summed E-state index contributed by atoms with van der Waals surface area (Å²) in [5, 5.41) is 7.21. The lowest BCUT2D eigenvalue weighted by Crippen LogP contribution is -2.33. The number of halogens is 1. The zero-order valence-corrected chi connectivity index (χ0v) is 13.6. The molecule has 1 aromatic heterocycles. The van der Waals surface area contributed by atoms with Gasteiger partial charge in [-0.05, 0) is 38.1 Å². The molecule has 0 fully saturated rings. The molecule has 0 bridgehead atoms. The molecule has 2 aromatic rings. The molecule has 7 heteroatoms. The first-order valence-corrected chi connectivity index (χ1v) is 7.43. The smallest absolute Gasteiger partial charge is 0.240 e. The van der Waals surface area contributed by atoms with Crippen LogP contribution in [0.3, 0.4) is 0 Å². The fourth-order valence-corrected chi connectivity index (χ4v) is 2.17. The lowest BCUT2D eigenvalue weighted by atomic mass is 10.2. The monoisotopic (exact) mass is 322 g/mol. The van der Waals surface area contributed by atoms with Gasteiger partial charge in [-0.15, -0.1) is 0 Å². The maximum absolute atomic E-state index is 12.2. The Balaban J connectivity index is 1.95. The average molecular weight is 323 g/mol. The van der Waals surface area contributed by atoms with Crippen molar-refractivity contribution in [3.05, 3.63) is 40.5 Å². The minimum Gasteiger partial charge on any atom is -0.338 e. The van der Waals surface area contributed by atoms with Crippen molar-refractivity contribution in [2.45, 2.75) is 27.3 Å². The van der Waals surface area contributed by atoms with Crippen LogP contribution in [-0.4, -0.2) is 34.0 Å². The minimum absolute atomic E-state index is 0.108. The second-order valence-electron chi connectivity index (χ2n) is 5.05. The molecule has 0 aliphatic heterocycles. The summed E-state index contributed by atoms with van der Waals surface area (Å²) in [6.45, 7) is 7.04. The summed E-state index contributed by atoms with van der Waals surface area (Å²) >= 11 is 5.95. The highest BCUT2D eigenvalue weighted by Crippen LogP contribution is 2.20. The van der Waals surface area contributed by atoms with E-state index >= 15 is 0 Å². The summed E-state index contributed by atoms with van der Waals surface area (Å²) in [7, 11) is 0. The molecule has 118 valence electrons. The molecule has 1 heterocycles. The van der Waals surface area contributed by atoms with E-state index < -0.39 is 0 Å². The Morgan fingerprint density at radius 2 is 2.18 bits per heavy atom. The molecule has 0 radical (unpaired) electrons. The number of hydrogen-bond donors (Lipinski definition) is 1. The number of carbonyl (C=O) groups excluding carboxylic acids is 1. The lowest BCUT2D eigenvalue weighted by Gasteiger charge is -2.18. The fraction of sp³-hybridized carbons (Fsp3) is 0.400. The topological polar surface area (TPSA) is 71.3 Å². The third-order valence-electron chi connectivity index (χ3n) is 3.22. The van der Waals surface area contributed by atoms with E-state index in [9.17, 15) is 4.79 Å². The summed E-state index contributed by atoms with van der Waals surface area (Å²) in [5.74, 6) is 0.986. The number of carbonyl (C=O) groups is 1. The predicted molar refractivity (Wildman–Crippen MR) is 84.8 cm³/mol. The van der Waals surface area contributed by atoms with Crippen molar-refractivity contribution in [3.8, 4) is 0 Å². The Bertz CT molecular complexity index is 657. The molecule has 1 aromatic carbocycles. The van der Waals surface area contributed by atoms with E-state index in [1.807, 2.05) is 24.8 Å². The van der Waals surface area contributed by atoms with Crippen molar-refractivity contribution in [3.63, 3.8) is 0 Å². The van der Waals surface area contributed by atoms with Gasteiger partial charge in [0, 0.05) is 10.7 Å². The Morgan fingerprint density at radius 3 is 2.82 bits per heavy atom. The summed E-state index contributed by atoms with van der Waals surface area (Å²) in [4.78, 5) is 18.2. The second kappa shape index (κ2) is 7.38. The maximum Gasteiger partial charge on any atom is 0.240 e. The maximum atomic E-state index is 12.2. The van der Waals surface area contributed by atoms with Gasteiger partial charge in [0.15, 0.2) is 5.82 Å². The van der Waals surface area contributed by atoms with Crippen molar-refractivity contribution in [1.29, 1.82) is 0 Å². The molecule has 0 saturated carbocycles.